The molecule has 1 amide bonds. The predicted octanol–water partition coefficient (Wildman–Crippen LogP) is 3.98. The van der Waals surface area contributed by atoms with Crippen molar-refractivity contribution in [2.45, 2.75) is 51.6 Å². The van der Waals surface area contributed by atoms with E-state index in [9.17, 15) is 9.90 Å². The van der Waals surface area contributed by atoms with Crippen molar-refractivity contribution in [3.05, 3.63) is 70.8 Å². The molecule has 0 atom stereocenters. The third kappa shape index (κ3) is 3.86. The van der Waals surface area contributed by atoms with Gasteiger partial charge in [-0.3, -0.25) is 4.79 Å². The number of aliphatic hydroxyl groups is 1. The van der Waals surface area contributed by atoms with Crippen molar-refractivity contribution in [1.82, 2.24) is 5.43 Å². The summed E-state index contributed by atoms with van der Waals surface area (Å²) in [6.07, 6.45) is 5.25. The third-order valence-electron chi connectivity index (χ3n) is 5.01. The predicted molar refractivity (Wildman–Crippen MR) is 104 cm³/mol. The van der Waals surface area contributed by atoms with E-state index in [2.05, 4.69) is 10.5 Å². The van der Waals surface area contributed by atoms with Gasteiger partial charge in [-0.25, -0.2) is 5.43 Å². The molecular formula is C22H26N2O2. The van der Waals surface area contributed by atoms with E-state index >= 15 is 0 Å². The first-order chi connectivity index (χ1) is 12.5. The summed E-state index contributed by atoms with van der Waals surface area (Å²) in [6, 6.07) is 14.8. The Morgan fingerprint density at radius 3 is 1.81 bits per heavy atom. The van der Waals surface area contributed by atoms with Crippen LogP contribution < -0.4 is 5.43 Å². The molecule has 0 aromatic heterocycles. The molecule has 26 heavy (non-hydrogen) atoms. The summed E-state index contributed by atoms with van der Waals surface area (Å²) in [6.45, 7) is 3.95. The molecule has 0 radical (unpaired) electrons. The number of rotatable bonds is 4. The molecule has 4 nitrogen and oxygen atoms in total. The van der Waals surface area contributed by atoms with Crippen LogP contribution in [0.4, 0.5) is 0 Å². The van der Waals surface area contributed by atoms with Crippen LogP contribution in [0.25, 0.3) is 0 Å². The highest BCUT2D eigenvalue weighted by atomic mass is 16.3. The number of hydrazone groups is 1. The van der Waals surface area contributed by atoms with Crippen LogP contribution in [0.3, 0.4) is 0 Å². The highest BCUT2D eigenvalue weighted by Gasteiger charge is 2.40. The lowest BCUT2D eigenvalue weighted by atomic mass is 9.85. The molecule has 0 spiro atoms. The molecule has 0 saturated heterocycles. The maximum atomic E-state index is 13.0. The van der Waals surface area contributed by atoms with Crippen molar-refractivity contribution in [3.63, 3.8) is 0 Å². The number of aryl methyl sites for hydroxylation is 2. The lowest BCUT2D eigenvalue weighted by Gasteiger charge is -2.27. The van der Waals surface area contributed by atoms with Crippen molar-refractivity contribution >= 4 is 11.6 Å². The molecular weight excluding hydrogens is 324 g/mol. The fourth-order valence-electron chi connectivity index (χ4n) is 3.30. The first kappa shape index (κ1) is 18.3. The van der Waals surface area contributed by atoms with E-state index in [1.165, 1.54) is 6.42 Å². The van der Waals surface area contributed by atoms with Crippen molar-refractivity contribution in [1.29, 1.82) is 0 Å². The van der Waals surface area contributed by atoms with Crippen molar-refractivity contribution in [3.8, 4) is 0 Å². The molecule has 3 rings (SSSR count). The lowest BCUT2D eigenvalue weighted by molar-refractivity contribution is -0.136. The minimum absolute atomic E-state index is 0.525. The molecule has 2 N–H and O–H groups in total. The van der Waals surface area contributed by atoms with E-state index < -0.39 is 11.5 Å². The maximum Gasteiger partial charge on any atom is 0.281 e. The largest absolute Gasteiger partial charge is 0.372 e. The number of nitrogens with one attached hydrogen (secondary N) is 1. The van der Waals surface area contributed by atoms with E-state index in [1.54, 1.807) is 24.3 Å². The van der Waals surface area contributed by atoms with Gasteiger partial charge in [0, 0.05) is 5.71 Å². The fraction of sp³-hybridized carbons (Fsp3) is 0.364. The van der Waals surface area contributed by atoms with Crippen LogP contribution in [0.2, 0.25) is 0 Å². The van der Waals surface area contributed by atoms with Gasteiger partial charge < -0.3 is 5.11 Å². The van der Waals surface area contributed by atoms with E-state index in [0.717, 1.165) is 42.5 Å². The summed E-state index contributed by atoms with van der Waals surface area (Å²) in [5, 5.41) is 15.7. The molecule has 1 aliphatic carbocycles. The van der Waals surface area contributed by atoms with Gasteiger partial charge in [0.1, 0.15) is 0 Å². The Labute approximate surface area is 155 Å². The number of benzene rings is 2. The van der Waals surface area contributed by atoms with Gasteiger partial charge in [0.2, 0.25) is 0 Å². The van der Waals surface area contributed by atoms with Crippen LogP contribution in [0.5, 0.6) is 0 Å². The first-order valence-corrected chi connectivity index (χ1v) is 9.22. The number of carbonyl (C=O) groups is 1. The monoisotopic (exact) mass is 350 g/mol. The second-order valence-electron chi connectivity index (χ2n) is 7.12. The molecule has 2 aromatic rings. The number of amides is 1. The van der Waals surface area contributed by atoms with Gasteiger partial charge in [-0.1, -0.05) is 66.1 Å². The number of nitrogens with zero attached hydrogens (tertiary/aromatic N) is 1. The van der Waals surface area contributed by atoms with Gasteiger partial charge in [-0.15, -0.1) is 0 Å². The topological polar surface area (TPSA) is 61.7 Å². The van der Waals surface area contributed by atoms with Gasteiger partial charge in [-0.2, -0.15) is 5.10 Å². The molecule has 1 aliphatic rings. The molecule has 1 saturated carbocycles. The molecule has 1 fully saturated rings. The van der Waals surface area contributed by atoms with Gasteiger partial charge in [0.15, 0.2) is 5.60 Å². The zero-order valence-corrected chi connectivity index (χ0v) is 15.5. The van der Waals surface area contributed by atoms with E-state index in [4.69, 9.17) is 0 Å². The van der Waals surface area contributed by atoms with Crippen LogP contribution in [0, 0.1) is 13.8 Å². The standard InChI is InChI=1S/C22H26N2O2/c1-16-8-12-18(13-9-16)22(26,19-14-10-17(2)11-15-19)21(25)24-23-20-6-4-3-5-7-20/h8-15,26H,3-7H2,1-2H3,(H,24,25). The number of carbonyl (C=O) groups excluding carboxylic acids is 1. The van der Waals surface area contributed by atoms with Crippen LogP contribution in [-0.2, 0) is 10.4 Å². The number of hydrogen-bond donors (Lipinski definition) is 2. The zero-order valence-electron chi connectivity index (χ0n) is 15.5. The third-order valence-corrected chi connectivity index (χ3v) is 5.01. The quantitative estimate of drug-likeness (QED) is 0.820. The molecule has 0 unspecified atom stereocenters. The molecule has 0 aliphatic heterocycles. The smallest absolute Gasteiger partial charge is 0.281 e. The molecule has 136 valence electrons. The summed E-state index contributed by atoms with van der Waals surface area (Å²) in [5.74, 6) is -0.525. The summed E-state index contributed by atoms with van der Waals surface area (Å²) in [4.78, 5) is 13.0. The van der Waals surface area contributed by atoms with Gasteiger partial charge in [0.05, 0.1) is 0 Å². The highest BCUT2D eigenvalue weighted by Crippen LogP contribution is 2.30. The second-order valence-corrected chi connectivity index (χ2v) is 7.12. The van der Waals surface area contributed by atoms with E-state index in [0.29, 0.717) is 11.1 Å². The Hall–Kier alpha value is -2.46. The van der Waals surface area contributed by atoms with Crippen LogP contribution in [0.1, 0.15) is 54.4 Å². The van der Waals surface area contributed by atoms with Gasteiger partial charge >= 0.3 is 0 Å². The SMILES string of the molecule is Cc1ccc(C(O)(C(=O)NN=C2CCCCC2)c2ccc(C)cc2)cc1. The van der Waals surface area contributed by atoms with E-state index in [-0.39, 0.29) is 0 Å². The normalized spacial score (nSPS) is 14.8. The molecule has 0 bridgehead atoms. The summed E-state index contributed by atoms with van der Waals surface area (Å²) < 4.78 is 0. The van der Waals surface area contributed by atoms with Gasteiger partial charge in [-0.05, 0) is 50.7 Å². The van der Waals surface area contributed by atoms with Crippen LogP contribution in [-0.4, -0.2) is 16.7 Å². The second kappa shape index (κ2) is 7.83. The minimum atomic E-state index is -1.78. The average Bonchev–Trinajstić information content (AvgIpc) is 2.67. The summed E-state index contributed by atoms with van der Waals surface area (Å²) in [7, 11) is 0. The molecule has 4 heteroatoms. The first-order valence-electron chi connectivity index (χ1n) is 9.22. The Morgan fingerprint density at radius 2 is 1.35 bits per heavy atom. The lowest BCUT2D eigenvalue weighted by Crippen LogP contribution is -2.44. The average molecular weight is 350 g/mol. The van der Waals surface area contributed by atoms with Crippen LogP contribution in [0.15, 0.2) is 53.6 Å². The van der Waals surface area contributed by atoms with Crippen LogP contribution >= 0.6 is 0 Å². The minimum Gasteiger partial charge on any atom is -0.372 e. The zero-order chi connectivity index (χ0) is 18.6. The summed E-state index contributed by atoms with van der Waals surface area (Å²) >= 11 is 0. The molecule has 2 aromatic carbocycles. The van der Waals surface area contributed by atoms with Crippen molar-refractivity contribution < 1.29 is 9.90 Å². The Bertz CT molecular complexity index is 738. The van der Waals surface area contributed by atoms with Crippen molar-refractivity contribution in [2.75, 3.05) is 0 Å². The van der Waals surface area contributed by atoms with E-state index in [1.807, 2.05) is 38.1 Å². The maximum absolute atomic E-state index is 13.0. The summed E-state index contributed by atoms with van der Waals surface area (Å²) in [5.41, 5.74) is 5.06. The van der Waals surface area contributed by atoms with Crippen molar-refractivity contribution in [2.24, 2.45) is 5.10 Å². The Morgan fingerprint density at radius 1 is 0.885 bits per heavy atom. The van der Waals surface area contributed by atoms with Gasteiger partial charge in [0.25, 0.3) is 5.91 Å². The highest BCUT2D eigenvalue weighted by molar-refractivity contribution is 5.92. The molecule has 0 heterocycles. The number of hydrogen-bond acceptors (Lipinski definition) is 3. The fourth-order valence-corrected chi connectivity index (χ4v) is 3.30. The Balaban J connectivity index is 1.95. The Kier molecular flexibility index (Phi) is 5.52.